The summed E-state index contributed by atoms with van der Waals surface area (Å²) in [5.74, 6) is 0.871. The van der Waals surface area contributed by atoms with Crippen molar-refractivity contribution >= 4 is 10.0 Å². The summed E-state index contributed by atoms with van der Waals surface area (Å²) >= 11 is 0. The van der Waals surface area contributed by atoms with E-state index >= 15 is 0 Å². The summed E-state index contributed by atoms with van der Waals surface area (Å²) in [7, 11) is -1.83. The summed E-state index contributed by atoms with van der Waals surface area (Å²) in [6.07, 6.45) is 0. The molecule has 142 valence electrons. The minimum Gasteiger partial charge on any atom is -0.494 e. The third-order valence-corrected chi connectivity index (χ3v) is 6.24. The van der Waals surface area contributed by atoms with Crippen molar-refractivity contribution in [1.29, 1.82) is 0 Å². The Morgan fingerprint density at radius 2 is 1.69 bits per heavy atom. The van der Waals surface area contributed by atoms with Gasteiger partial charge in [-0.15, -0.1) is 0 Å². The number of nitrogens with zero attached hydrogens (tertiary/aromatic N) is 1. The fraction of sp³-hybridized carbons (Fsp3) is 0.400. The molecule has 2 rings (SSSR count). The Morgan fingerprint density at radius 1 is 1.04 bits per heavy atom. The quantitative estimate of drug-likeness (QED) is 0.729. The molecule has 0 radical (unpaired) electrons. The van der Waals surface area contributed by atoms with Crippen LogP contribution in [0.4, 0.5) is 0 Å². The van der Waals surface area contributed by atoms with E-state index in [0.717, 1.165) is 23.4 Å². The molecule has 0 aliphatic heterocycles. The summed E-state index contributed by atoms with van der Waals surface area (Å²) in [6, 6.07) is 15.0. The van der Waals surface area contributed by atoms with Gasteiger partial charge in [-0.25, -0.2) is 8.42 Å². The Morgan fingerprint density at radius 3 is 2.31 bits per heavy atom. The van der Waals surface area contributed by atoms with Crippen LogP contribution in [0.1, 0.15) is 31.9 Å². The van der Waals surface area contributed by atoms with Crippen LogP contribution in [0.15, 0.2) is 53.4 Å². The van der Waals surface area contributed by atoms with Gasteiger partial charge in [0.1, 0.15) is 5.75 Å². The van der Waals surface area contributed by atoms with Crippen LogP contribution in [-0.4, -0.2) is 32.4 Å². The van der Waals surface area contributed by atoms with Crippen molar-refractivity contribution in [3.05, 3.63) is 59.7 Å². The Hall–Kier alpha value is -1.89. The molecule has 0 atom stereocenters. The maximum atomic E-state index is 12.5. The Kier molecular flexibility index (Phi) is 7.20. The molecule has 0 aliphatic carbocycles. The fourth-order valence-corrected chi connectivity index (χ4v) is 3.85. The second-order valence-electron chi connectivity index (χ2n) is 6.44. The third kappa shape index (κ3) is 5.30. The molecule has 0 unspecified atom stereocenters. The van der Waals surface area contributed by atoms with Gasteiger partial charge in [-0.1, -0.05) is 24.3 Å². The predicted octanol–water partition coefficient (Wildman–Crippen LogP) is 3.40. The molecule has 0 amide bonds. The summed E-state index contributed by atoms with van der Waals surface area (Å²) < 4.78 is 31.8. The first-order chi connectivity index (χ1) is 12.3. The molecule has 26 heavy (non-hydrogen) atoms. The molecule has 2 aromatic rings. The molecule has 0 spiro atoms. The van der Waals surface area contributed by atoms with E-state index in [1.165, 1.54) is 4.31 Å². The first-order valence-corrected chi connectivity index (χ1v) is 10.3. The van der Waals surface area contributed by atoms with Gasteiger partial charge in [0.2, 0.25) is 10.0 Å². The Labute approximate surface area is 157 Å². The van der Waals surface area contributed by atoms with Gasteiger partial charge >= 0.3 is 0 Å². The maximum absolute atomic E-state index is 12.5. The normalized spacial score (nSPS) is 11.9. The molecule has 0 aliphatic rings. The molecule has 0 saturated heterocycles. The Balaban J connectivity index is 1.94. The first-order valence-electron chi connectivity index (χ1n) is 8.84. The van der Waals surface area contributed by atoms with Gasteiger partial charge < -0.3 is 10.1 Å². The number of ether oxygens (including phenoxy) is 1. The van der Waals surface area contributed by atoms with E-state index in [9.17, 15) is 8.42 Å². The minimum absolute atomic E-state index is 0.0752. The van der Waals surface area contributed by atoms with E-state index in [1.807, 2.05) is 57.2 Å². The standard InChI is InChI=1S/C20H28N2O3S/c1-5-25-19-8-6-7-18(13-19)15-21-14-17-9-11-20(12-10-17)26(23,24)22(4)16(2)3/h6-13,16,21H,5,14-15H2,1-4H3. The number of rotatable bonds is 9. The van der Waals surface area contributed by atoms with Crippen molar-refractivity contribution < 1.29 is 13.2 Å². The van der Waals surface area contributed by atoms with Crippen molar-refractivity contribution in [3.63, 3.8) is 0 Å². The van der Waals surface area contributed by atoms with Crippen molar-refractivity contribution in [2.45, 2.75) is 44.8 Å². The van der Waals surface area contributed by atoms with Crippen LogP contribution in [0, 0.1) is 0 Å². The van der Waals surface area contributed by atoms with Crippen LogP contribution in [0.3, 0.4) is 0 Å². The highest BCUT2D eigenvalue weighted by Gasteiger charge is 2.22. The van der Waals surface area contributed by atoms with Crippen molar-refractivity contribution in [2.75, 3.05) is 13.7 Å². The van der Waals surface area contributed by atoms with Gasteiger partial charge in [-0.3, -0.25) is 0 Å². The molecule has 0 saturated carbocycles. The van der Waals surface area contributed by atoms with E-state index in [0.29, 0.717) is 18.0 Å². The van der Waals surface area contributed by atoms with Gasteiger partial charge in [0, 0.05) is 26.2 Å². The molecule has 0 bridgehead atoms. The predicted molar refractivity (Wildman–Crippen MR) is 105 cm³/mol. The maximum Gasteiger partial charge on any atom is 0.243 e. The lowest BCUT2D eigenvalue weighted by atomic mass is 10.2. The van der Waals surface area contributed by atoms with Crippen LogP contribution in [0.5, 0.6) is 5.75 Å². The van der Waals surface area contributed by atoms with Crippen LogP contribution >= 0.6 is 0 Å². The lowest BCUT2D eigenvalue weighted by molar-refractivity contribution is 0.340. The van der Waals surface area contributed by atoms with Crippen molar-refractivity contribution in [1.82, 2.24) is 9.62 Å². The number of hydrogen-bond acceptors (Lipinski definition) is 4. The average Bonchev–Trinajstić information content (AvgIpc) is 2.62. The fourth-order valence-electron chi connectivity index (χ4n) is 2.49. The molecule has 6 heteroatoms. The van der Waals surface area contributed by atoms with Gasteiger partial charge in [-0.05, 0) is 56.2 Å². The second-order valence-corrected chi connectivity index (χ2v) is 8.44. The van der Waals surface area contributed by atoms with Crippen molar-refractivity contribution in [3.8, 4) is 5.75 Å². The molecule has 0 heterocycles. The molecule has 1 N–H and O–H groups in total. The van der Waals surface area contributed by atoms with Gasteiger partial charge in [0.25, 0.3) is 0 Å². The third-order valence-electron chi connectivity index (χ3n) is 4.20. The van der Waals surface area contributed by atoms with Crippen LogP contribution in [-0.2, 0) is 23.1 Å². The highest BCUT2D eigenvalue weighted by molar-refractivity contribution is 7.89. The molecule has 0 aromatic heterocycles. The van der Waals surface area contributed by atoms with E-state index in [-0.39, 0.29) is 6.04 Å². The summed E-state index contributed by atoms with van der Waals surface area (Å²) in [5.41, 5.74) is 2.19. The minimum atomic E-state index is -3.43. The van der Waals surface area contributed by atoms with E-state index in [4.69, 9.17) is 4.74 Å². The molecular formula is C20H28N2O3S. The van der Waals surface area contributed by atoms with Gasteiger partial charge in [0.15, 0.2) is 0 Å². The smallest absolute Gasteiger partial charge is 0.243 e. The molecular weight excluding hydrogens is 348 g/mol. The average molecular weight is 377 g/mol. The Bertz CT molecular complexity index is 802. The highest BCUT2D eigenvalue weighted by Crippen LogP contribution is 2.17. The van der Waals surface area contributed by atoms with Crippen LogP contribution in [0.25, 0.3) is 0 Å². The zero-order valence-corrected chi connectivity index (χ0v) is 16.7. The van der Waals surface area contributed by atoms with E-state index in [1.54, 1.807) is 19.2 Å². The lowest BCUT2D eigenvalue weighted by Gasteiger charge is -2.21. The van der Waals surface area contributed by atoms with E-state index in [2.05, 4.69) is 5.32 Å². The zero-order valence-electron chi connectivity index (χ0n) is 15.9. The molecule has 0 fully saturated rings. The number of sulfonamides is 1. The zero-order chi connectivity index (χ0) is 19.2. The second kappa shape index (κ2) is 9.16. The number of nitrogens with one attached hydrogen (secondary N) is 1. The number of benzene rings is 2. The highest BCUT2D eigenvalue weighted by atomic mass is 32.2. The topological polar surface area (TPSA) is 58.6 Å². The summed E-state index contributed by atoms with van der Waals surface area (Å²) in [4.78, 5) is 0.321. The van der Waals surface area contributed by atoms with Crippen molar-refractivity contribution in [2.24, 2.45) is 0 Å². The molecule has 5 nitrogen and oxygen atoms in total. The monoisotopic (exact) mass is 376 g/mol. The van der Waals surface area contributed by atoms with E-state index < -0.39 is 10.0 Å². The number of hydrogen-bond donors (Lipinski definition) is 1. The largest absolute Gasteiger partial charge is 0.494 e. The molecule has 2 aromatic carbocycles. The lowest BCUT2D eigenvalue weighted by Crippen LogP contribution is -2.33. The first kappa shape index (κ1) is 20.4. The summed E-state index contributed by atoms with van der Waals surface area (Å²) in [6.45, 7) is 7.72. The van der Waals surface area contributed by atoms with Gasteiger partial charge in [0.05, 0.1) is 11.5 Å². The van der Waals surface area contributed by atoms with Crippen LogP contribution in [0.2, 0.25) is 0 Å². The van der Waals surface area contributed by atoms with Crippen LogP contribution < -0.4 is 10.1 Å². The van der Waals surface area contributed by atoms with Gasteiger partial charge in [-0.2, -0.15) is 4.31 Å². The SMILES string of the molecule is CCOc1cccc(CNCc2ccc(S(=O)(=O)N(C)C(C)C)cc2)c1. The summed E-state index contributed by atoms with van der Waals surface area (Å²) in [5, 5.41) is 3.37.